The summed E-state index contributed by atoms with van der Waals surface area (Å²) in [6.07, 6.45) is 1.30. The van der Waals surface area contributed by atoms with Gasteiger partial charge in [0.2, 0.25) is 0 Å². The average Bonchev–Trinajstić information content (AvgIpc) is 2.88. The molecular weight excluding hydrogens is 278 g/mol. The van der Waals surface area contributed by atoms with E-state index in [4.69, 9.17) is 0 Å². The van der Waals surface area contributed by atoms with Crippen LogP contribution in [0.3, 0.4) is 0 Å². The van der Waals surface area contributed by atoms with E-state index in [2.05, 4.69) is 19.8 Å². The number of aromatic amines is 1. The van der Waals surface area contributed by atoms with Gasteiger partial charge in [0.1, 0.15) is 5.82 Å². The van der Waals surface area contributed by atoms with Crippen LogP contribution in [0.5, 0.6) is 0 Å². The number of aryl methyl sites for hydroxylation is 2. The van der Waals surface area contributed by atoms with Crippen molar-refractivity contribution in [2.24, 2.45) is 0 Å². The highest BCUT2D eigenvalue weighted by molar-refractivity contribution is 7.92. The van der Waals surface area contributed by atoms with Crippen LogP contribution < -0.4 is 4.72 Å². The Kier molecular flexibility index (Phi) is 3.59. The maximum Gasteiger partial charge on any atom is 0.279 e. The van der Waals surface area contributed by atoms with Crippen molar-refractivity contribution in [1.82, 2.24) is 19.7 Å². The maximum absolute atomic E-state index is 12.3. The second-order valence-corrected chi connectivity index (χ2v) is 6.67. The van der Waals surface area contributed by atoms with Gasteiger partial charge in [-0.2, -0.15) is 13.5 Å². The van der Waals surface area contributed by atoms with Crippen LogP contribution in [0.1, 0.15) is 37.1 Å². The van der Waals surface area contributed by atoms with Gasteiger partial charge in [-0.1, -0.05) is 0 Å². The topological polar surface area (TPSA) is 92.7 Å². The Balaban J connectivity index is 2.40. The second-order valence-electron chi connectivity index (χ2n) is 5.02. The molecule has 0 unspecified atom stereocenters. The summed E-state index contributed by atoms with van der Waals surface area (Å²) in [5, 5.41) is 4.40. The van der Waals surface area contributed by atoms with Gasteiger partial charge in [0.05, 0.1) is 23.3 Å². The van der Waals surface area contributed by atoms with Crippen LogP contribution in [0, 0.1) is 20.8 Å². The van der Waals surface area contributed by atoms with Crippen molar-refractivity contribution in [2.75, 3.05) is 4.72 Å². The lowest BCUT2D eigenvalue weighted by atomic mass is 10.3. The standard InChI is InChI=1S/C12H19N5O2S/c1-7(2)17-9(4)12(8(3)15-17)16-20(18,19)11-6-13-10(5)14-11/h6-7,16H,1-5H3,(H,13,14). The fourth-order valence-corrected chi connectivity index (χ4v) is 3.19. The summed E-state index contributed by atoms with van der Waals surface area (Å²) in [6.45, 7) is 9.32. The summed E-state index contributed by atoms with van der Waals surface area (Å²) >= 11 is 0. The molecule has 2 heterocycles. The summed E-state index contributed by atoms with van der Waals surface area (Å²) in [5.41, 5.74) is 1.96. The minimum Gasteiger partial charge on any atom is -0.332 e. The fraction of sp³-hybridized carbons (Fsp3) is 0.500. The Morgan fingerprint density at radius 3 is 2.40 bits per heavy atom. The number of nitrogens with one attached hydrogen (secondary N) is 2. The largest absolute Gasteiger partial charge is 0.332 e. The fourth-order valence-electron chi connectivity index (χ4n) is 2.04. The van der Waals surface area contributed by atoms with Gasteiger partial charge in [0.15, 0.2) is 5.03 Å². The molecule has 0 spiro atoms. The molecule has 0 amide bonds. The Morgan fingerprint density at radius 2 is 1.95 bits per heavy atom. The Hall–Kier alpha value is -1.83. The van der Waals surface area contributed by atoms with E-state index in [1.807, 2.05) is 20.8 Å². The SMILES string of the molecule is Cc1ncc(S(=O)(=O)Nc2c(C)nn(C(C)C)c2C)[nH]1. The van der Waals surface area contributed by atoms with Crippen molar-refractivity contribution in [1.29, 1.82) is 0 Å². The number of imidazole rings is 1. The number of sulfonamides is 1. The summed E-state index contributed by atoms with van der Waals surface area (Å²) in [6, 6.07) is 0.168. The van der Waals surface area contributed by atoms with Crippen LogP contribution in [0.15, 0.2) is 11.2 Å². The van der Waals surface area contributed by atoms with E-state index in [1.54, 1.807) is 18.5 Å². The van der Waals surface area contributed by atoms with Crippen molar-refractivity contribution < 1.29 is 8.42 Å². The summed E-state index contributed by atoms with van der Waals surface area (Å²) in [7, 11) is -3.67. The molecule has 0 bridgehead atoms. The molecule has 0 aliphatic heterocycles. The van der Waals surface area contributed by atoms with Crippen LogP contribution in [0.25, 0.3) is 0 Å². The summed E-state index contributed by atoms with van der Waals surface area (Å²) in [4.78, 5) is 6.62. The molecule has 0 aliphatic carbocycles. The Morgan fingerprint density at radius 1 is 1.30 bits per heavy atom. The zero-order valence-electron chi connectivity index (χ0n) is 12.2. The third-order valence-electron chi connectivity index (χ3n) is 3.02. The third-order valence-corrected chi connectivity index (χ3v) is 4.28. The normalized spacial score (nSPS) is 12.1. The quantitative estimate of drug-likeness (QED) is 0.901. The highest BCUT2D eigenvalue weighted by atomic mass is 32.2. The monoisotopic (exact) mass is 297 g/mol. The summed E-state index contributed by atoms with van der Waals surface area (Å²) < 4.78 is 28.9. The first-order chi connectivity index (χ1) is 9.22. The summed E-state index contributed by atoms with van der Waals surface area (Å²) in [5.74, 6) is 0.552. The predicted molar refractivity (Wildman–Crippen MR) is 76.2 cm³/mol. The molecule has 2 rings (SSSR count). The maximum atomic E-state index is 12.3. The van der Waals surface area contributed by atoms with E-state index < -0.39 is 10.0 Å². The van der Waals surface area contributed by atoms with Gasteiger partial charge < -0.3 is 4.98 Å². The first-order valence-corrected chi connectivity index (χ1v) is 7.81. The zero-order chi connectivity index (χ0) is 15.1. The molecule has 0 radical (unpaired) electrons. The molecule has 7 nitrogen and oxygen atoms in total. The average molecular weight is 297 g/mol. The van der Waals surface area contributed by atoms with E-state index >= 15 is 0 Å². The lowest BCUT2D eigenvalue weighted by molar-refractivity contribution is 0.516. The molecule has 0 aliphatic rings. The molecule has 2 N–H and O–H groups in total. The Bertz CT molecular complexity index is 727. The molecule has 0 saturated heterocycles. The number of aromatic nitrogens is 4. The first kappa shape index (κ1) is 14.6. The van der Waals surface area contributed by atoms with Crippen LogP contribution >= 0.6 is 0 Å². The Labute approximate surface area is 118 Å². The number of nitrogens with zero attached hydrogens (tertiary/aromatic N) is 3. The minimum atomic E-state index is -3.67. The number of H-pyrrole nitrogens is 1. The minimum absolute atomic E-state index is 0.0473. The van der Waals surface area contributed by atoms with Gasteiger partial charge in [-0.3, -0.25) is 9.40 Å². The van der Waals surface area contributed by atoms with Gasteiger partial charge in [-0.05, 0) is 34.6 Å². The molecule has 2 aromatic heterocycles. The highest BCUT2D eigenvalue weighted by Gasteiger charge is 2.22. The molecule has 110 valence electrons. The smallest absolute Gasteiger partial charge is 0.279 e. The van der Waals surface area contributed by atoms with Crippen LogP contribution in [-0.4, -0.2) is 28.2 Å². The van der Waals surface area contributed by atoms with E-state index in [1.165, 1.54) is 6.20 Å². The van der Waals surface area contributed by atoms with Crippen molar-refractivity contribution in [2.45, 2.75) is 45.7 Å². The van der Waals surface area contributed by atoms with Crippen LogP contribution in [0.4, 0.5) is 5.69 Å². The van der Waals surface area contributed by atoms with Crippen molar-refractivity contribution in [3.05, 3.63) is 23.4 Å². The zero-order valence-corrected chi connectivity index (χ0v) is 13.0. The van der Waals surface area contributed by atoms with Crippen molar-refractivity contribution in [3.63, 3.8) is 0 Å². The highest BCUT2D eigenvalue weighted by Crippen LogP contribution is 2.24. The van der Waals surface area contributed by atoms with E-state index in [0.717, 1.165) is 5.69 Å². The van der Waals surface area contributed by atoms with Crippen molar-refractivity contribution in [3.8, 4) is 0 Å². The molecule has 20 heavy (non-hydrogen) atoms. The van der Waals surface area contributed by atoms with Gasteiger partial charge in [-0.25, -0.2) is 4.98 Å². The van der Waals surface area contributed by atoms with E-state index in [-0.39, 0.29) is 11.1 Å². The second kappa shape index (κ2) is 4.93. The molecule has 2 aromatic rings. The van der Waals surface area contributed by atoms with Gasteiger partial charge in [0.25, 0.3) is 10.0 Å². The lowest BCUT2D eigenvalue weighted by Crippen LogP contribution is -2.15. The number of hydrogen-bond acceptors (Lipinski definition) is 4. The molecule has 0 aromatic carbocycles. The van der Waals surface area contributed by atoms with E-state index in [9.17, 15) is 8.42 Å². The lowest BCUT2D eigenvalue weighted by Gasteiger charge is -2.09. The molecule has 0 fully saturated rings. The van der Waals surface area contributed by atoms with Gasteiger partial charge in [0, 0.05) is 6.04 Å². The van der Waals surface area contributed by atoms with E-state index in [0.29, 0.717) is 17.2 Å². The molecule has 0 atom stereocenters. The number of rotatable bonds is 4. The molecule has 0 saturated carbocycles. The molecule has 8 heteroatoms. The van der Waals surface area contributed by atoms with Crippen molar-refractivity contribution >= 4 is 15.7 Å². The predicted octanol–water partition coefficient (Wildman–Crippen LogP) is 1.91. The number of anilines is 1. The van der Waals surface area contributed by atoms with Gasteiger partial charge in [-0.15, -0.1) is 0 Å². The third kappa shape index (κ3) is 2.55. The number of hydrogen-bond donors (Lipinski definition) is 2. The van der Waals surface area contributed by atoms with Crippen LogP contribution in [-0.2, 0) is 10.0 Å². The van der Waals surface area contributed by atoms with Gasteiger partial charge >= 0.3 is 0 Å². The van der Waals surface area contributed by atoms with Crippen LogP contribution in [0.2, 0.25) is 0 Å². The molecular formula is C12H19N5O2S. The first-order valence-electron chi connectivity index (χ1n) is 6.32.